The van der Waals surface area contributed by atoms with Crippen LogP contribution in [0.5, 0.6) is 0 Å². The van der Waals surface area contributed by atoms with Crippen molar-refractivity contribution in [2.24, 2.45) is 0 Å². The average molecular weight is 277 g/mol. The smallest absolute Gasteiger partial charge is 0.326 e. The molecule has 0 aliphatic carbocycles. The van der Waals surface area contributed by atoms with Crippen molar-refractivity contribution < 1.29 is 19.4 Å². The molecule has 0 radical (unpaired) electrons. The van der Waals surface area contributed by atoms with Gasteiger partial charge in [-0.25, -0.2) is 4.79 Å². The van der Waals surface area contributed by atoms with Crippen molar-refractivity contribution in [2.45, 2.75) is 25.3 Å². The van der Waals surface area contributed by atoms with E-state index in [-0.39, 0.29) is 5.91 Å². The quantitative estimate of drug-likeness (QED) is 0.910. The molecule has 0 aromatic heterocycles. The van der Waals surface area contributed by atoms with Crippen molar-refractivity contribution >= 4 is 11.9 Å². The molecule has 108 valence electrons. The Hall–Kier alpha value is -1.88. The van der Waals surface area contributed by atoms with E-state index in [0.717, 1.165) is 18.6 Å². The van der Waals surface area contributed by atoms with E-state index in [2.05, 4.69) is 0 Å². The third-order valence-corrected chi connectivity index (χ3v) is 3.79. The number of amides is 1. The predicted molar refractivity (Wildman–Crippen MR) is 73.8 cm³/mol. The van der Waals surface area contributed by atoms with E-state index in [9.17, 15) is 9.59 Å². The Morgan fingerprint density at radius 2 is 2.20 bits per heavy atom. The lowest BCUT2D eigenvalue weighted by molar-refractivity contribution is -0.141. The Labute approximate surface area is 118 Å². The Morgan fingerprint density at radius 1 is 1.45 bits per heavy atom. The van der Waals surface area contributed by atoms with Crippen molar-refractivity contribution in [3.05, 3.63) is 35.4 Å². The fourth-order valence-corrected chi connectivity index (χ4v) is 2.27. The van der Waals surface area contributed by atoms with Gasteiger partial charge in [-0.05, 0) is 31.0 Å². The van der Waals surface area contributed by atoms with Gasteiger partial charge in [-0.1, -0.05) is 12.1 Å². The van der Waals surface area contributed by atoms with Crippen LogP contribution in [0.25, 0.3) is 0 Å². The predicted octanol–water partition coefficient (Wildman–Crippen LogP) is 1.74. The molecule has 2 unspecified atom stereocenters. The topological polar surface area (TPSA) is 66.8 Å². The fourth-order valence-electron chi connectivity index (χ4n) is 2.27. The second-order valence-electron chi connectivity index (χ2n) is 5.12. The van der Waals surface area contributed by atoms with Crippen LogP contribution in [-0.4, -0.2) is 48.2 Å². The van der Waals surface area contributed by atoms with Crippen LogP contribution in [-0.2, 0) is 9.53 Å². The largest absolute Gasteiger partial charge is 0.480 e. The van der Waals surface area contributed by atoms with Crippen LogP contribution in [0.4, 0.5) is 0 Å². The lowest BCUT2D eigenvalue weighted by Gasteiger charge is -2.22. The molecule has 0 bridgehead atoms. The van der Waals surface area contributed by atoms with E-state index in [0.29, 0.717) is 18.1 Å². The molecule has 1 aliphatic rings. The lowest BCUT2D eigenvalue weighted by atomic mass is 9.96. The van der Waals surface area contributed by atoms with E-state index < -0.39 is 12.0 Å². The zero-order chi connectivity index (χ0) is 14.7. The lowest BCUT2D eigenvalue weighted by Crippen LogP contribution is -2.40. The summed E-state index contributed by atoms with van der Waals surface area (Å²) >= 11 is 0. The molecule has 2 atom stereocenters. The Balaban J connectivity index is 2.17. The van der Waals surface area contributed by atoms with E-state index in [1.165, 1.54) is 18.9 Å². The van der Waals surface area contributed by atoms with Gasteiger partial charge >= 0.3 is 5.97 Å². The summed E-state index contributed by atoms with van der Waals surface area (Å²) in [5.74, 6) is -0.966. The molecular weight excluding hydrogens is 258 g/mol. The summed E-state index contributed by atoms with van der Waals surface area (Å²) in [7, 11) is 1.51. The molecule has 0 spiro atoms. The number of hydrogen-bond acceptors (Lipinski definition) is 3. The van der Waals surface area contributed by atoms with Gasteiger partial charge in [0.1, 0.15) is 6.04 Å². The van der Waals surface area contributed by atoms with Crippen LogP contribution in [0, 0.1) is 0 Å². The van der Waals surface area contributed by atoms with Crippen molar-refractivity contribution in [1.82, 2.24) is 4.90 Å². The fraction of sp³-hybridized carbons (Fsp3) is 0.467. The molecule has 1 aromatic carbocycles. The molecule has 2 rings (SSSR count). The highest BCUT2D eigenvalue weighted by Gasteiger charge is 2.24. The highest BCUT2D eigenvalue weighted by molar-refractivity contribution is 5.96. The van der Waals surface area contributed by atoms with E-state index in [4.69, 9.17) is 9.84 Å². The van der Waals surface area contributed by atoms with Crippen LogP contribution in [0.1, 0.15) is 35.2 Å². The van der Waals surface area contributed by atoms with Gasteiger partial charge in [0.05, 0.1) is 6.61 Å². The third-order valence-electron chi connectivity index (χ3n) is 3.79. The first-order valence-electron chi connectivity index (χ1n) is 6.68. The maximum atomic E-state index is 12.3. The van der Waals surface area contributed by atoms with Gasteiger partial charge in [0.25, 0.3) is 5.91 Å². The molecule has 1 N–H and O–H groups in total. The summed E-state index contributed by atoms with van der Waals surface area (Å²) in [6.45, 7) is 2.92. The number of benzene rings is 1. The second kappa shape index (κ2) is 6.05. The van der Waals surface area contributed by atoms with Crippen LogP contribution in [0.3, 0.4) is 0 Å². The monoisotopic (exact) mass is 277 g/mol. The maximum absolute atomic E-state index is 12.3. The Kier molecular flexibility index (Phi) is 4.39. The molecule has 1 heterocycles. The van der Waals surface area contributed by atoms with Crippen molar-refractivity contribution in [3.8, 4) is 0 Å². The number of aliphatic carboxylic acids is 1. The average Bonchev–Trinajstić information content (AvgIpc) is 2.99. The number of carbonyl (C=O) groups is 2. The molecule has 1 aliphatic heterocycles. The van der Waals surface area contributed by atoms with Crippen molar-refractivity contribution in [3.63, 3.8) is 0 Å². The van der Waals surface area contributed by atoms with Gasteiger partial charge in [-0.15, -0.1) is 0 Å². The van der Waals surface area contributed by atoms with Gasteiger partial charge in [0, 0.05) is 25.1 Å². The normalized spacial score (nSPS) is 19.6. The number of nitrogens with zero attached hydrogens (tertiary/aromatic N) is 1. The van der Waals surface area contributed by atoms with Crippen LogP contribution < -0.4 is 0 Å². The zero-order valence-electron chi connectivity index (χ0n) is 11.7. The summed E-state index contributed by atoms with van der Waals surface area (Å²) in [5, 5.41) is 8.96. The summed E-state index contributed by atoms with van der Waals surface area (Å²) in [5.41, 5.74) is 1.59. The number of carboxylic acids is 1. The highest BCUT2D eigenvalue weighted by atomic mass is 16.5. The van der Waals surface area contributed by atoms with Gasteiger partial charge < -0.3 is 14.7 Å². The minimum Gasteiger partial charge on any atom is -0.480 e. The number of ether oxygens (including phenoxy) is 1. The van der Waals surface area contributed by atoms with Gasteiger partial charge in [0.15, 0.2) is 0 Å². The molecule has 0 saturated carbocycles. The first kappa shape index (κ1) is 14.5. The minimum atomic E-state index is -1.01. The van der Waals surface area contributed by atoms with Crippen LogP contribution >= 0.6 is 0 Å². The Morgan fingerprint density at radius 3 is 2.80 bits per heavy atom. The number of likely N-dealkylation sites (N-methyl/N-ethyl adjacent to an activating group) is 1. The van der Waals surface area contributed by atoms with Crippen molar-refractivity contribution in [2.75, 3.05) is 20.3 Å². The highest BCUT2D eigenvalue weighted by Crippen LogP contribution is 2.26. The second-order valence-corrected chi connectivity index (χ2v) is 5.12. The van der Waals surface area contributed by atoms with E-state index in [1.54, 1.807) is 6.07 Å². The molecule has 1 saturated heterocycles. The van der Waals surface area contributed by atoms with Gasteiger partial charge in [-0.3, -0.25) is 4.79 Å². The molecule has 1 amide bonds. The summed E-state index contributed by atoms with van der Waals surface area (Å²) in [4.78, 5) is 24.5. The molecule has 20 heavy (non-hydrogen) atoms. The van der Waals surface area contributed by atoms with E-state index in [1.807, 2.05) is 18.2 Å². The maximum Gasteiger partial charge on any atom is 0.326 e. The van der Waals surface area contributed by atoms with Crippen molar-refractivity contribution in [1.29, 1.82) is 0 Å². The SMILES string of the molecule is CC(C(=O)O)N(C)C(=O)c1cccc(C2CCOC2)c1. The minimum absolute atomic E-state index is 0.277. The van der Waals surface area contributed by atoms with E-state index >= 15 is 0 Å². The summed E-state index contributed by atoms with van der Waals surface area (Å²) in [6.07, 6.45) is 0.957. The number of hydrogen-bond donors (Lipinski definition) is 1. The van der Waals surface area contributed by atoms with Crippen LogP contribution in [0.15, 0.2) is 24.3 Å². The zero-order valence-corrected chi connectivity index (χ0v) is 11.7. The van der Waals surface area contributed by atoms with Gasteiger partial charge in [-0.2, -0.15) is 0 Å². The Bertz CT molecular complexity index is 508. The molecule has 5 heteroatoms. The molecular formula is C15H19NO4. The third kappa shape index (κ3) is 2.99. The molecule has 1 fully saturated rings. The number of carboxylic acid groups (broad SMARTS) is 1. The number of carbonyl (C=O) groups excluding carboxylic acids is 1. The first-order chi connectivity index (χ1) is 9.50. The molecule has 1 aromatic rings. The van der Waals surface area contributed by atoms with Gasteiger partial charge in [0.2, 0.25) is 0 Å². The first-order valence-corrected chi connectivity index (χ1v) is 6.68. The van der Waals surface area contributed by atoms with Crippen LogP contribution in [0.2, 0.25) is 0 Å². The number of rotatable bonds is 4. The summed E-state index contributed by atoms with van der Waals surface area (Å²) in [6, 6.07) is 6.53. The summed E-state index contributed by atoms with van der Waals surface area (Å²) < 4.78 is 5.36. The standard InChI is InChI=1S/C15H19NO4/c1-10(15(18)19)16(2)14(17)12-5-3-4-11(8-12)13-6-7-20-9-13/h3-5,8,10,13H,6-7,9H2,1-2H3,(H,18,19). The molecule has 5 nitrogen and oxygen atoms in total.